The topological polar surface area (TPSA) is 80.8 Å². The Bertz CT molecular complexity index is 653. The highest BCUT2D eigenvalue weighted by molar-refractivity contribution is 7.86. The van der Waals surface area contributed by atoms with E-state index in [2.05, 4.69) is 0 Å². The number of rotatable bonds is 5. The van der Waals surface area contributed by atoms with Gasteiger partial charge in [-0.3, -0.25) is 8.98 Å². The van der Waals surface area contributed by atoms with Crippen LogP contribution in [0.25, 0.3) is 0 Å². The lowest BCUT2D eigenvalue weighted by Gasteiger charge is -2.19. The monoisotopic (exact) mass is 325 g/mol. The minimum absolute atomic E-state index is 0.0704. The van der Waals surface area contributed by atoms with E-state index in [1.54, 1.807) is 19.1 Å². The van der Waals surface area contributed by atoms with Crippen molar-refractivity contribution in [3.63, 3.8) is 0 Å². The average Bonchev–Trinajstić information content (AvgIpc) is 2.89. The second-order valence-electron chi connectivity index (χ2n) is 5.32. The number of benzene rings is 1. The highest BCUT2D eigenvalue weighted by Crippen LogP contribution is 2.24. The third kappa shape index (κ3) is 3.53. The SMILES string of the molecule is CCC(=O)N1C[C@H](OS(=O)(=O)c2ccc(C)cc2)C[C@H]1C=O. The van der Waals surface area contributed by atoms with Gasteiger partial charge in [-0.2, -0.15) is 8.42 Å². The molecule has 1 aromatic rings. The molecule has 2 atom stereocenters. The van der Waals surface area contributed by atoms with Crippen LogP contribution in [0.5, 0.6) is 0 Å². The van der Waals surface area contributed by atoms with Gasteiger partial charge in [0.2, 0.25) is 5.91 Å². The first-order valence-corrected chi connectivity index (χ1v) is 8.53. The van der Waals surface area contributed by atoms with E-state index >= 15 is 0 Å². The van der Waals surface area contributed by atoms with Gasteiger partial charge >= 0.3 is 0 Å². The summed E-state index contributed by atoms with van der Waals surface area (Å²) in [7, 11) is -3.90. The van der Waals surface area contributed by atoms with Gasteiger partial charge in [-0.15, -0.1) is 0 Å². The largest absolute Gasteiger partial charge is 0.330 e. The van der Waals surface area contributed by atoms with Crippen LogP contribution in [-0.4, -0.2) is 44.2 Å². The van der Waals surface area contributed by atoms with Crippen LogP contribution in [0.3, 0.4) is 0 Å². The molecule has 22 heavy (non-hydrogen) atoms. The van der Waals surface area contributed by atoms with Crippen LogP contribution in [0.2, 0.25) is 0 Å². The van der Waals surface area contributed by atoms with Crippen molar-refractivity contribution in [2.75, 3.05) is 6.54 Å². The predicted molar refractivity (Wildman–Crippen MR) is 79.7 cm³/mol. The maximum absolute atomic E-state index is 12.2. The molecular weight excluding hydrogens is 306 g/mol. The number of hydrogen-bond acceptors (Lipinski definition) is 5. The number of carbonyl (C=O) groups excluding carboxylic acids is 2. The molecule has 0 N–H and O–H groups in total. The van der Waals surface area contributed by atoms with E-state index in [4.69, 9.17) is 4.18 Å². The van der Waals surface area contributed by atoms with E-state index in [0.29, 0.717) is 6.29 Å². The van der Waals surface area contributed by atoms with Crippen molar-refractivity contribution in [2.45, 2.75) is 43.7 Å². The Kier molecular flexibility index (Phi) is 4.97. The molecule has 0 aromatic heterocycles. The number of likely N-dealkylation sites (tertiary alicyclic amines) is 1. The summed E-state index contributed by atoms with van der Waals surface area (Å²) >= 11 is 0. The maximum Gasteiger partial charge on any atom is 0.297 e. The number of carbonyl (C=O) groups is 2. The van der Waals surface area contributed by atoms with Crippen molar-refractivity contribution >= 4 is 22.3 Å². The minimum atomic E-state index is -3.90. The van der Waals surface area contributed by atoms with Crippen LogP contribution in [-0.2, 0) is 23.9 Å². The number of nitrogens with zero attached hydrogens (tertiary/aromatic N) is 1. The fourth-order valence-electron chi connectivity index (χ4n) is 2.45. The van der Waals surface area contributed by atoms with Crippen molar-refractivity contribution in [1.29, 1.82) is 0 Å². The zero-order valence-corrected chi connectivity index (χ0v) is 13.4. The van der Waals surface area contributed by atoms with Crippen LogP contribution >= 0.6 is 0 Å². The van der Waals surface area contributed by atoms with Gasteiger partial charge in [0.15, 0.2) is 0 Å². The molecule has 1 aliphatic heterocycles. The lowest BCUT2D eigenvalue weighted by atomic mass is 10.2. The second-order valence-corrected chi connectivity index (χ2v) is 6.90. The molecule has 0 saturated carbocycles. The average molecular weight is 325 g/mol. The third-order valence-corrected chi connectivity index (χ3v) is 5.03. The Morgan fingerprint density at radius 3 is 2.55 bits per heavy atom. The summed E-state index contributed by atoms with van der Waals surface area (Å²) in [5, 5.41) is 0. The Morgan fingerprint density at radius 2 is 2.00 bits per heavy atom. The van der Waals surface area contributed by atoms with E-state index in [1.807, 2.05) is 6.92 Å². The summed E-state index contributed by atoms with van der Waals surface area (Å²) in [5.41, 5.74) is 0.945. The van der Waals surface area contributed by atoms with Crippen molar-refractivity contribution in [3.8, 4) is 0 Å². The molecule has 1 aromatic carbocycles. The van der Waals surface area contributed by atoms with E-state index in [-0.39, 0.29) is 30.2 Å². The minimum Gasteiger partial charge on any atom is -0.330 e. The molecule has 0 radical (unpaired) electrons. The molecular formula is C15H19NO5S. The van der Waals surface area contributed by atoms with Gasteiger partial charge in [0.1, 0.15) is 6.29 Å². The molecule has 120 valence electrons. The molecule has 7 heteroatoms. The summed E-state index contributed by atoms with van der Waals surface area (Å²) < 4.78 is 29.7. The number of aryl methyl sites for hydroxylation is 1. The van der Waals surface area contributed by atoms with Crippen molar-refractivity contribution in [3.05, 3.63) is 29.8 Å². The van der Waals surface area contributed by atoms with Crippen molar-refractivity contribution in [1.82, 2.24) is 4.90 Å². The molecule has 1 aliphatic rings. The quantitative estimate of drug-likeness (QED) is 0.602. The maximum atomic E-state index is 12.2. The van der Waals surface area contributed by atoms with Gasteiger partial charge in [0, 0.05) is 19.4 Å². The van der Waals surface area contributed by atoms with Crippen LogP contribution in [0, 0.1) is 6.92 Å². The molecule has 0 aliphatic carbocycles. The molecule has 1 amide bonds. The predicted octanol–water partition coefficient (Wildman–Crippen LogP) is 1.28. The van der Waals surface area contributed by atoms with Gasteiger partial charge in [0.05, 0.1) is 17.0 Å². The molecule has 6 nitrogen and oxygen atoms in total. The summed E-state index contributed by atoms with van der Waals surface area (Å²) in [6.45, 7) is 3.67. The first-order chi connectivity index (χ1) is 10.4. The smallest absolute Gasteiger partial charge is 0.297 e. The highest BCUT2D eigenvalue weighted by atomic mass is 32.2. The summed E-state index contributed by atoms with van der Waals surface area (Å²) in [6.07, 6.45) is 0.425. The van der Waals surface area contributed by atoms with Crippen molar-refractivity contribution < 1.29 is 22.2 Å². The Morgan fingerprint density at radius 1 is 1.36 bits per heavy atom. The first-order valence-electron chi connectivity index (χ1n) is 7.12. The van der Waals surface area contributed by atoms with Gasteiger partial charge in [-0.25, -0.2) is 0 Å². The second kappa shape index (κ2) is 6.58. The zero-order valence-electron chi connectivity index (χ0n) is 12.6. The first kappa shape index (κ1) is 16.6. The van der Waals surface area contributed by atoms with Gasteiger partial charge < -0.3 is 9.69 Å². The standard InChI is InChI=1S/C15H19NO5S/c1-3-15(18)16-9-13(8-12(16)10-17)21-22(19,20)14-6-4-11(2)5-7-14/h4-7,10,12-13H,3,8-9H2,1-2H3/t12-,13+/m0/s1. The Balaban J connectivity index is 2.12. The summed E-state index contributed by atoms with van der Waals surface area (Å²) in [5.74, 6) is -0.184. The van der Waals surface area contributed by atoms with Gasteiger partial charge in [-0.05, 0) is 19.1 Å². The highest BCUT2D eigenvalue weighted by Gasteiger charge is 2.37. The molecule has 2 rings (SSSR count). The molecule has 0 spiro atoms. The summed E-state index contributed by atoms with van der Waals surface area (Å²) in [6, 6.07) is 5.71. The number of hydrogen-bond donors (Lipinski definition) is 0. The van der Waals surface area contributed by atoms with Crippen LogP contribution in [0.4, 0.5) is 0 Å². The fraction of sp³-hybridized carbons (Fsp3) is 0.467. The summed E-state index contributed by atoms with van der Waals surface area (Å²) in [4.78, 5) is 24.3. The van der Waals surface area contributed by atoms with E-state index in [1.165, 1.54) is 17.0 Å². The van der Waals surface area contributed by atoms with Gasteiger partial charge in [-0.1, -0.05) is 24.6 Å². The lowest BCUT2D eigenvalue weighted by Crippen LogP contribution is -2.36. The van der Waals surface area contributed by atoms with Crippen LogP contribution in [0.15, 0.2) is 29.2 Å². The van der Waals surface area contributed by atoms with Gasteiger partial charge in [0.25, 0.3) is 10.1 Å². The Labute approximate surface area is 130 Å². The fourth-order valence-corrected chi connectivity index (χ4v) is 3.53. The molecule has 0 unspecified atom stereocenters. The molecule has 1 saturated heterocycles. The molecule has 1 heterocycles. The van der Waals surface area contributed by atoms with Crippen LogP contribution in [0.1, 0.15) is 25.3 Å². The zero-order chi connectivity index (χ0) is 16.3. The van der Waals surface area contributed by atoms with E-state index in [0.717, 1.165) is 5.56 Å². The lowest BCUT2D eigenvalue weighted by molar-refractivity contribution is -0.134. The van der Waals surface area contributed by atoms with Crippen molar-refractivity contribution in [2.24, 2.45) is 0 Å². The number of aldehydes is 1. The van der Waals surface area contributed by atoms with E-state index < -0.39 is 22.3 Å². The van der Waals surface area contributed by atoms with E-state index in [9.17, 15) is 18.0 Å². The Hall–Kier alpha value is -1.73. The van der Waals surface area contributed by atoms with Crippen LogP contribution < -0.4 is 0 Å². The molecule has 1 fully saturated rings. The molecule has 0 bridgehead atoms. The number of amides is 1. The third-order valence-electron chi connectivity index (χ3n) is 3.66. The normalized spacial score (nSPS) is 21.8.